The lowest BCUT2D eigenvalue weighted by Gasteiger charge is -2.08. The molecule has 18 heavy (non-hydrogen) atoms. The molecule has 1 aromatic carbocycles. The second-order valence-electron chi connectivity index (χ2n) is 3.91. The van der Waals surface area contributed by atoms with Gasteiger partial charge in [0.25, 0.3) is 5.91 Å². The van der Waals surface area contributed by atoms with E-state index in [1.54, 1.807) is 12.1 Å². The summed E-state index contributed by atoms with van der Waals surface area (Å²) in [5, 5.41) is 7.51. The summed E-state index contributed by atoms with van der Waals surface area (Å²) in [5.41, 5.74) is 1.50. The van der Waals surface area contributed by atoms with E-state index in [0.29, 0.717) is 12.0 Å². The molecule has 7 heteroatoms. The molecule has 0 aliphatic heterocycles. The maximum atomic E-state index is 11.8. The molecule has 1 aromatic rings. The van der Waals surface area contributed by atoms with E-state index >= 15 is 0 Å². The average molecular weight is 335 g/mol. The maximum Gasteiger partial charge on any atom is 0.252 e. The number of primary sulfonamides is 1. The highest BCUT2D eigenvalue weighted by atomic mass is 79.9. The maximum absolute atomic E-state index is 11.8. The van der Waals surface area contributed by atoms with E-state index in [1.165, 1.54) is 0 Å². The first-order chi connectivity index (χ1) is 8.31. The first-order valence-electron chi connectivity index (χ1n) is 5.35. The molecular formula is C11H15BrN2O3S. The molecule has 1 amide bonds. The number of nitrogens with two attached hydrogens (primary N) is 1. The third kappa shape index (κ3) is 4.75. The van der Waals surface area contributed by atoms with Gasteiger partial charge < -0.3 is 5.32 Å². The van der Waals surface area contributed by atoms with Crippen LogP contribution in [0.25, 0.3) is 0 Å². The van der Waals surface area contributed by atoms with Crippen molar-refractivity contribution in [3.63, 3.8) is 0 Å². The van der Waals surface area contributed by atoms with Gasteiger partial charge in [-0.3, -0.25) is 4.79 Å². The molecule has 100 valence electrons. The number of nitrogens with one attached hydrogen (secondary N) is 1. The van der Waals surface area contributed by atoms with Crippen LogP contribution in [-0.2, 0) is 10.0 Å². The minimum atomic E-state index is -3.46. The van der Waals surface area contributed by atoms with Crippen LogP contribution in [0, 0.1) is 6.92 Å². The fourth-order valence-corrected chi connectivity index (χ4v) is 2.38. The van der Waals surface area contributed by atoms with Crippen LogP contribution in [-0.4, -0.2) is 26.6 Å². The number of benzene rings is 1. The van der Waals surface area contributed by atoms with Crippen molar-refractivity contribution in [3.05, 3.63) is 33.8 Å². The van der Waals surface area contributed by atoms with E-state index < -0.39 is 10.0 Å². The topological polar surface area (TPSA) is 89.3 Å². The van der Waals surface area contributed by atoms with Crippen LogP contribution < -0.4 is 10.5 Å². The van der Waals surface area contributed by atoms with Gasteiger partial charge in [0.2, 0.25) is 10.0 Å². The SMILES string of the molecule is Cc1cccc(C(=O)NCCCS(N)(=O)=O)c1Br. The molecule has 0 saturated carbocycles. The fraction of sp³-hybridized carbons (Fsp3) is 0.364. The first-order valence-corrected chi connectivity index (χ1v) is 7.86. The Morgan fingerprint density at radius 3 is 2.72 bits per heavy atom. The molecular weight excluding hydrogens is 320 g/mol. The van der Waals surface area contributed by atoms with Gasteiger partial charge in [-0.05, 0) is 40.9 Å². The Kier molecular flexibility index (Phi) is 5.30. The zero-order valence-corrected chi connectivity index (χ0v) is 12.3. The lowest BCUT2D eigenvalue weighted by atomic mass is 10.1. The van der Waals surface area contributed by atoms with Gasteiger partial charge in [-0.1, -0.05) is 12.1 Å². The van der Waals surface area contributed by atoms with Crippen LogP contribution in [0.3, 0.4) is 0 Å². The average Bonchev–Trinajstić information content (AvgIpc) is 2.26. The molecule has 0 atom stereocenters. The zero-order chi connectivity index (χ0) is 13.8. The second kappa shape index (κ2) is 6.31. The third-order valence-corrected chi connectivity index (χ3v) is 4.24. The highest BCUT2D eigenvalue weighted by Crippen LogP contribution is 2.20. The Bertz CT molecular complexity index is 543. The van der Waals surface area contributed by atoms with Crippen LogP contribution >= 0.6 is 15.9 Å². The van der Waals surface area contributed by atoms with E-state index in [0.717, 1.165) is 10.0 Å². The summed E-state index contributed by atoms with van der Waals surface area (Å²) < 4.78 is 22.1. The lowest BCUT2D eigenvalue weighted by Crippen LogP contribution is -2.27. The number of aryl methyl sites for hydroxylation is 1. The molecule has 0 fully saturated rings. The second-order valence-corrected chi connectivity index (χ2v) is 6.44. The van der Waals surface area contributed by atoms with Crippen LogP contribution in [0.2, 0.25) is 0 Å². The molecule has 0 spiro atoms. The van der Waals surface area contributed by atoms with E-state index in [1.807, 2.05) is 13.0 Å². The van der Waals surface area contributed by atoms with E-state index in [2.05, 4.69) is 21.2 Å². The number of hydrogen-bond acceptors (Lipinski definition) is 3. The molecule has 0 radical (unpaired) electrons. The number of rotatable bonds is 5. The van der Waals surface area contributed by atoms with Crippen molar-refractivity contribution in [2.45, 2.75) is 13.3 Å². The minimum Gasteiger partial charge on any atom is -0.352 e. The number of sulfonamides is 1. The van der Waals surface area contributed by atoms with Crippen LogP contribution in [0.4, 0.5) is 0 Å². The van der Waals surface area contributed by atoms with Gasteiger partial charge in [-0.15, -0.1) is 0 Å². The van der Waals surface area contributed by atoms with Gasteiger partial charge in [-0.2, -0.15) is 0 Å². The summed E-state index contributed by atoms with van der Waals surface area (Å²) in [7, 11) is -3.46. The highest BCUT2D eigenvalue weighted by Gasteiger charge is 2.11. The van der Waals surface area contributed by atoms with Crippen molar-refractivity contribution in [3.8, 4) is 0 Å². The van der Waals surface area contributed by atoms with Crippen molar-refractivity contribution in [2.75, 3.05) is 12.3 Å². The summed E-state index contributed by atoms with van der Waals surface area (Å²) in [6.45, 7) is 2.16. The van der Waals surface area contributed by atoms with Crippen molar-refractivity contribution >= 4 is 31.9 Å². The summed E-state index contributed by atoms with van der Waals surface area (Å²) in [5.74, 6) is -0.373. The molecule has 0 aromatic heterocycles. The normalized spacial score (nSPS) is 11.3. The van der Waals surface area contributed by atoms with E-state index in [4.69, 9.17) is 5.14 Å². The molecule has 0 heterocycles. The number of amides is 1. The molecule has 0 saturated heterocycles. The molecule has 0 aliphatic rings. The summed E-state index contributed by atoms with van der Waals surface area (Å²) in [6.07, 6.45) is 0.300. The number of halogens is 1. The number of hydrogen-bond donors (Lipinski definition) is 2. The molecule has 3 N–H and O–H groups in total. The van der Waals surface area contributed by atoms with Gasteiger partial charge in [0.05, 0.1) is 11.3 Å². The Morgan fingerprint density at radius 1 is 1.44 bits per heavy atom. The lowest BCUT2D eigenvalue weighted by molar-refractivity contribution is 0.0953. The van der Waals surface area contributed by atoms with Crippen molar-refractivity contribution in [1.82, 2.24) is 5.32 Å². The van der Waals surface area contributed by atoms with Gasteiger partial charge in [-0.25, -0.2) is 13.6 Å². The number of carbonyl (C=O) groups excluding carboxylic acids is 1. The van der Waals surface area contributed by atoms with Gasteiger partial charge in [0, 0.05) is 11.0 Å². The largest absolute Gasteiger partial charge is 0.352 e. The molecule has 1 rings (SSSR count). The minimum absolute atomic E-state index is 0.137. The number of carbonyl (C=O) groups is 1. The van der Waals surface area contributed by atoms with Crippen LogP contribution in [0.5, 0.6) is 0 Å². The molecule has 5 nitrogen and oxygen atoms in total. The standard InChI is InChI=1S/C11H15BrN2O3S/c1-8-4-2-5-9(10(8)12)11(15)14-6-3-7-18(13,16)17/h2,4-5H,3,6-7H2,1H3,(H,14,15)(H2,13,16,17). The van der Waals surface area contributed by atoms with Gasteiger partial charge in [0.15, 0.2) is 0 Å². The van der Waals surface area contributed by atoms with Crippen LogP contribution in [0.15, 0.2) is 22.7 Å². The van der Waals surface area contributed by atoms with Crippen molar-refractivity contribution < 1.29 is 13.2 Å². The van der Waals surface area contributed by atoms with E-state index in [-0.39, 0.29) is 18.2 Å². The molecule has 0 unspecified atom stereocenters. The predicted octanol–water partition coefficient (Wildman–Crippen LogP) is 1.17. The summed E-state index contributed by atoms with van der Waals surface area (Å²) >= 11 is 3.34. The highest BCUT2D eigenvalue weighted by molar-refractivity contribution is 9.10. The Balaban J connectivity index is 2.54. The third-order valence-electron chi connectivity index (χ3n) is 2.33. The summed E-state index contributed by atoms with van der Waals surface area (Å²) in [6, 6.07) is 5.38. The molecule has 0 aliphatic carbocycles. The van der Waals surface area contributed by atoms with E-state index in [9.17, 15) is 13.2 Å². The fourth-order valence-electron chi connectivity index (χ4n) is 1.39. The monoisotopic (exact) mass is 334 g/mol. The van der Waals surface area contributed by atoms with Gasteiger partial charge in [0.1, 0.15) is 0 Å². The van der Waals surface area contributed by atoms with Crippen molar-refractivity contribution in [1.29, 1.82) is 0 Å². The smallest absolute Gasteiger partial charge is 0.252 e. The van der Waals surface area contributed by atoms with Gasteiger partial charge >= 0.3 is 0 Å². The van der Waals surface area contributed by atoms with Crippen molar-refractivity contribution in [2.24, 2.45) is 5.14 Å². The quantitative estimate of drug-likeness (QED) is 0.792. The predicted molar refractivity (Wildman–Crippen MR) is 73.8 cm³/mol. The Hall–Kier alpha value is -0.920. The zero-order valence-electron chi connectivity index (χ0n) is 9.94. The summed E-state index contributed by atoms with van der Waals surface area (Å²) in [4.78, 5) is 11.8. The molecule has 0 bridgehead atoms. The Morgan fingerprint density at radius 2 is 2.11 bits per heavy atom. The van der Waals surface area contributed by atoms with Crippen LogP contribution in [0.1, 0.15) is 22.3 Å². The Labute approximate surface area is 115 Å². The first kappa shape index (κ1) is 15.1.